The average Bonchev–Trinajstić information content (AvgIpc) is 3.06. The van der Waals surface area contributed by atoms with E-state index in [0.717, 1.165) is 25.7 Å². The van der Waals surface area contributed by atoms with E-state index in [4.69, 9.17) is 4.74 Å². The first kappa shape index (κ1) is 13.6. The van der Waals surface area contributed by atoms with Crippen molar-refractivity contribution >= 4 is 0 Å². The molecule has 0 radical (unpaired) electrons. The number of aromatic nitrogens is 2. The lowest BCUT2D eigenvalue weighted by molar-refractivity contribution is -0.0426. The van der Waals surface area contributed by atoms with Gasteiger partial charge in [0.15, 0.2) is 0 Å². The summed E-state index contributed by atoms with van der Waals surface area (Å²) in [4.78, 5) is 24.1. The monoisotopic (exact) mass is 278 g/mol. The molecule has 0 aromatic carbocycles. The molecule has 1 atom stereocenters. The van der Waals surface area contributed by atoms with Crippen LogP contribution in [0, 0.1) is 0 Å². The third-order valence-electron chi connectivity index (χ3n) is 4.72. The van der Waals surface area contributed by atoms with Gasteiger partial charge in [-0.2, -0.15) is 0 Å². The van der Waals surface area contributed by atoms with Gasteiger partial charge >= 0.3 is 5.69 Å². The summed E-state index contributed by atoms with van der Waals surface area (Å²) < 4.78 is 9.07. The van der Waals surface area contributed by atoms with Crippen LogP contribution in [0.1, 0.15) is 45.4 Å². The Labute approximate surface area is 118 Å². The molecule has 2 aliphatic rings. The predicted molar refractivity (Wildman–Crippen MR) is 75.9 cm³/mol. The fraction of sp³-hybridized carbons (Fsp3) is 0.733. The smallest absolute Gasteiger partial charge is 0.331 e. The maximum atomic E-state index is 12.2. The summed E-state index contributed by atoms with van der Waals surface area (Å²) in [6.45, 7) is 2.87. The van der Waals surface area contributed by atoms with Crippen LogP contribution in [0.2, 0.25) is 0 Å². The van der Waals surface area contributed by atoms with Gasteiger partial charge in [0, 0.05) is 18.8 Å². The molecule has 2 heterocycles. The lowest BCUT2D eigenvalue weighted by Gasteiger charge is -2.24. The number of nitrogens with zero attached hydrogens (tertiary/aromatic N) is 2. The molecule has 1 aromatic heterocycles. The highest BCUT2D eigenvalue weighted by Gasteiger charge is 2.42. The van der Waals surface area contributed by atoms with Crippen molar-refractivity contribution in [3.63, 3.8) is 0 Å². The van der Waals surface area contributed by atoms with Crippen LogP contribution in [-0.4, -0.2) is 20.8 Å². The van der Waals surface area contributed by atoms with E-state index in [1.54, 1.807) is 10.8 Å². The Morgan fingerprint density at radius 3 is 2.75 bits per heavy atom. The first-order valence-electron chi connectivity index (χ1n) is 7.62. The molecule has 0 bridgehead atoms. The molecule has 1 aromatic rings. The largest absolute Gasteiger partial charge is 0.370 e. The van der Waals surface area contributed by atoms with Gasteiger partial charge in [-0.1, -0.05) is 12.8 Å². The summed E-state index contributed by atoms with van der Waals surface area (Å²) in [6, 6.07) is 1.46. The van der Waals surface area contributed by atoms with E-state index < -0.39 is 0 Å². The molecule has 20 heavy (non-hydrogen) atoms. The van der Waals surface area contributed by atoms with Crippen LogP contribution >= 0.6 is 0 Å². The van der Waals surface area contributed by atoms with Crippen molar-refractivity contribution in [1.82, 2.24) is 9.13 Å². The van der Waals surface area contributed by atoms with Crippen LogP contribution in [0.3, 0.4) is 0 Å². The second kappa shape index (κ2) is 5.20. The van der Waals surface area contributed by atoms with Crippen molar-refractivity contribution < 1.29 is 4.74 Å². The highest BCUT2D eigenvalue weighted by atomic mass is 16.5. The van der Waals surface area contributed by atoms with Crippen LogP contribution < -0.4 is 11.2 Å². The minimum Gasteiger partial charge on any atom is -0.370 e. The molecule has 1 saturated heterocycles. The molecule has 1 unspecified atom stereocenters. The molecular formula is C15H22N2O3. The van der Waals surface area contributed by atoms with Gasteiger partial charge in [-0.05, 0) is 32.6 Å². The Balaban J connectivity index is 1.79. The number of aryl methyl sites for hydroxylation is 1. The quantitative estimate of drug-likeness (QED) is 0.842. The van der Waals surface area contributed by atoms with Gasteiger partial charge in [0.05, 0.1) is 18.2 Å². The van der Waals surface area contributed by atoms with Gasteiger partial charge < -0.3 is 9.30 Å². The summed E-state index contributed by atoms with van der Waals surface area (Å²) in [7, 11) is 0. The molecule has 1 saturated carbocycles. The van der Waals surface area contributed by atoms with Crippen LogP contribution in [0.15, 0.2) is 21.9 Å². The van der Waals surface area contributed by atoms with Gasteiger partial charge in [0.25, 0.3) is 5.56 Å². The zero-order valence-electron chi connectivity index (χ0n) is 12.0. The van der Waals surface area contributed by atoms with Crippen molar-refractivity contribution in [2.75, 3.05) is 0 Å². The third-order valence-corrected chi connectivity index (χ3v) is 4.72. The summed E-state index contributed by atoms with van der Waals surface area (Å²) >= 11 is 0. The van der Waals surface area contributed by atoms with Gasteiger partial charge in [-0.15, -0.1) is 0 Å². The summed E-state index contributed by atoms with van der Waals surface area (Å²) in [6.07, 6.45) is 8.33. The zero-order chi connectivity index (χ0) is 14.2. The van der Waals surface area contributed by atoms with Gasteiger partial charge in [-0.25, -0.2) is 4.79 Å². The first-order chi connectivity index (χ1) is 9.63. The van der Waals surface area contributed by atoms with Crippen LogP contribution in [-0.2, 0) is 17.8 Å². The van der Waals surface area contributed by atoms with Gasteiger partial charge in [-0.3, -0.25) is 9.36 Å². The molecule has 5 nitrogen and oxygen atoms in total. The van der Waals surface area contributed by atoms with E-state index in [2.05, 4.69) is 0 Å². The van der Waals surface area contributed by atoms with Crippen molar-refractivity contribution in [2.24, 2.45) is 0 Å². The van der Waals surface area contributed by atoms with E-state index in [1.165, 1.54) is 23.5 Å². The maximum Gasteiger partial charge on any atom is 0.331 e. The fourth-order valence-electron chi connectivity index (χ4n) is 3.58. The number of ether oxygens (including phenoxy) is 1. The molecule has 1 spiro atoms. The Morgan fingerprint density at radius 1 is 1.30 bits per heavy atom. The van der Waals surface area contributed by atoms with E-state index in [9.17, 15) is 9.59 Å². The maximum absolute atomic E-state index is 12.2. The molecule has 1 aliphatic heterocycles. The predicted octanol–water partition coefficient (Wildman–Crippen LogP) is 1.52. The Bertz CT molecular complexity index is 596. The van der Waals surface area contributed by atoms with Crippen molar-refractivity contribution in [3.05, 3.63) is 33.1 Å². The molecular weight excluding hydrogens is 256 g/mol. The van der Waals surface area contributed by atoms with E-state index in [-0.39, 0.29) is 23.0 Å². The standard InChI is InChI=1S/C15H22N2O3/c1-2-16-10-6-13(18)17(14(16)19)11-12-5-9-15(20-12)7-3-4-8-15/h6,10,12H,2-5,7-9,11H2,1H3. The molecule has 0 N–H and O–H groups in total. The lowest BCUT2D eigenvalue weighted by Crippen LogP contribution is -2.41. The first-order valence-corrected chi connectivity index (χ1v) is 7.62. The normalized spacial score (nSPS) is 24.6. The lowest BCUT2D eigenvalue weighted by atomic mass is 9.98. The second-order valence-electron chi connectivity index (χ2n) is 6.00. The Morgan fingerprint density at radius 2 is 2.05 bits per heavy atom. The minimum absolute atomic E-state index is 0.00575. The second-order valence-corrected chi connectivity index (χ2v) is 6.00. The summed E-state index contributed by atoms with van der Waals surface area (Å²) in [5, 5.41) is 0. The molecule has 0 amide bonds. The van der Waals surface area contributed by atoms with Crippen LogP contribution in [0.25, 0.3) is 0 Å². The number of hydrogen-bond donors (Lipinski definition) is 0. The SMILES string of the molecule is CCn1ccc(=O)n(CC2CCC3(CCCC3)O2)c1=O. The molecule has 3 rings (SSSR count). The van der Waals surface area contributed by atoms with Crippen molar-refractivity contribution in [2.45, 2.75) is 70.2 Å². The van der Waals surface area contributed by atoms with Gasteiger partial charge in [0.1, 0.15) is 0 Å². The fourth-order valence-corrected chi connectivity index (χ4v) is 3.58. The van der Waals surface area contributed by atoms with Crippen LogP contribution in [0.4, 0.5) is 0 Å². The minimum atomic E-state index is -0.226. The van der Waals surface area contributed by atoms with E-state index in [0.29, 0.717) is 13.1 Å². The highest BCUT2D eigenvalue weighted by molar-refractivity contribution is 4.94. The molecule has 2 fully saturated rings. The van der Waals surface area contributed by atoms with E-state index >= 15 is 0 Å². The summed E-state index contributed by atoms with van der Waals surface area (Å²) in [5.41, 5.74) is -0.404. The Hall–Kier alpha value is -1.36. The Kier molecular flexibility index (Phi) is 3.54. The summed E-state index contributed by atoms with van der Waals surface area (Å²) in [5.74, 6) is 0. The van der Waals surface area contributed by atoms with Crippen molar-refractivity contribution in [3.8, 4) is 0 Å². The van der Waals surface area contributed by atoms with Gasteiger partial charge in [0.2, 0.25) is 0 Å². The molecule has 1 aliphatic carbocycles. The average molecular weight is 278 g/mol. The van der Waals surface area contributed by atoms with Crippen LogP contribution in [0.5, 0.6) is 0 Å². The molecule has 5 heteroatoms. The number of hydrogen-bond acceptors (Lipinski definition) is 3. The van der Waals surface area contributed by atoms with Crippen molar-refractivity contribution in [1.29, 1.82) is 0 Å². The number of rotatable bonds is 3. The zero-order valence-corrected chi connectivity index (χ0v) is 12.0. The third kappa shape index (κ3) is 2.35. The molecule has 110 valence electrons. The topological polar surface area (TPSA) is 53.2 Å². The van der Waals surface area contributed by atoms with E-state index in [1.807, 2.05) is 6.92 Å². The highest BCUT2D eigenvalue weighted by Crippen LogP contribution is 2.43.